The highest BCUT2D eigenvalue weighted by atomic mass is 16.5. The van der Waals surface area contributed by atoms with E-state index >= 15 is 0 Å². The van der Waals surface area contributed by atoms with E-state index in [1.807, 2.05) is 44.6 Å². The predicted octanol–water partition coefficient (Wildman–Crippen LogP) is 8.30. The van der Waals surface area contributed by atoms with Gasteiger partial charge in [-0.05, 0) is 109 Å². The molecule has 0 radical (unpaired) electrons. The van der Waals surface area contributed by atoms with Crippen LogP contribution in [0.3, 0.4) is 0 Å². The number of fused-ring (bicyclic) bond motifs is 4. The first kappa shape index (κ1) is 32.8. The van der Waals surface area contributed by atoms with Gasteiger partial charge in [-0.2, -0.15) is 0 Å². The molecule has 0 bridgehead atoms. The lowest BCUT2D eigenvalue weighted by atomic mass is 9.68. The van der Waals surface area contributed by atoms with Crippen LogP contribution >= 0.6 is 0 Å². The molecule has 45 heavy (non-hydrogen) atoms. The van der Waals surface area contributed by atoms with Crippen LogP contribution < -0.4 is 14.2 Å². The lowest BCUT2D eigenvalue weighted by Gasteiger charge is -2.46. The van der Waals surface area contributed by atoms with Gasteiger partial charge in [-0.1, -0.05) is 37.5 Å². The zero-order valence-electron chi connectivity index (χ0n) is 28.0. The average molecular weight is 615 g/mol. The topological polar surface area (TPSA) is 80.9 Å². The summed E-state index contributed by atoms with van der Waals surface area (Å²) in [7, 11) is 4.10. The number of nitrogens with one attached hydrogen (secondary N) is 1. The first-order chi connectivity index (χ1) is 21.6. The second-order valence-corrected chi connectivity index (χ2v) is 13.7. The molecule has 0 amide bonds. The maximum absolute atomic E-state index is 13.1. The fraction of sp³-hybridized carbons (Fsp3) is 0.526. The molecule has 2 aromatic carbocycles. The summed E-state index contributed by atoms with van der Waals surface area (Å²) in [5.74, 6) is 2.10. The van der Waals surface area contributed by atoms with Crippen molar-refractivity contribution in [3.8, 4) is 17.2 Å². The van der Waals surface area contributed by atoms with Crippen molar-refractivity contribution in [3.63, 3.8) is 0 Å². The number of hydrogen-bond acceptors (Lipinski definition) is 6. The van der Waals surface area contributed by atoms with Gasteiger partial charge in [0, 0.05) is 53.9 Å². The number of esters is 2. The molecule has 2 atom stereocenters. The zero-order chi connectivity index (χ0) is 32.1. The number of ether oxygens (including phenoxy) is 3. The van der Waals surface area contributed by atoms with Crippen LogP contribution in [0.2, 0.25) is 0 Å². The maximum Gasteiger partial charge on any atom is 0.311 e. The number of H-pyrrole nitrogens is 1. The van der Waals surface area contributed by atoms with Crippen molar-refractivity contribution >= 4 is 22.8 Å². The minimum absolute atomic E-state index is 0.170. The molecule has 242 valence electrons. The van der Waals surface area contributed by atoms with Crippen LogP contribution in [0.1, 0.15) is 102 Å². The van der Waals surface area contributed by atoms with Gasteiger partial charge in [0.1, 0.15) is 22.8 Å². The van der Waals surface area contributed by atoms with E-state index in [2.05, 4.69) is 49.7 Å². The van der Waals surface area contributed by atoms with E-state index in [0.717, 1.165) is 78.4 Å². The van der Waals surface area contributed by atoms with Gasteiger partial charge in [-0.25, -0.2) is 0 Å². The molecule has 1 N–H and O–H groups in total. The molecule has 7 heteroatoms. The summed E-state index contributed by atoms with van der Waals surface area (Å²) in [5, 5.41) is 0.972. The summed E-state index contributed by atoms with van der Waals surface area (Å²) < 4.78 is 18.5. The van der Waals surface area contributed by atoms with E-state index in [0.29, 0.717) is 43.1 Å². The van der Waals surface area contributed by atoms with Gasteiger partial charge in [0.15, 0.2) is 0 Å². The predicted molar refractivity (Wildman–Crippen MR) is 179 cm³/mol. The van der Waals surface area contributed by atoms with E-state index in [9.17, 15) is 9.59 Å². The van der Waals surface area contributed by atoms with E-state index in [-0.39, 0.29) is 23.5 Å². The van der Waals surface area contributed by atoms with Crippen LogP contribution in [0.5, 0.6) is 17.2 Å². The molecule has 0 spiro atoms. The normalized spacial score (nSPS) is 18.6. The van der Waals surface area contributed by atoms with Crippen molar-refractivity contribution in [2.45, 2.75) is 103 Å². The Bertz CT molecular complexity index is 1550. The summed E-state index contributed by atoms with van der Waals surface area (Å²) in [6.45, 7) is 9.61. The lowest BCUT2D eigenvalue weighted by Crippen LogP contribution is -2.45. The van der Waals surface area contributed by atoms with Crippen LogP contribution in [0.25, 0.3) is 10.9 Å². The number of aryl methyl sites for hydroxylation is 1. The van der Waals surface area contributed by atoms with Gasteiger partial charge in [0.2, 0.25) is 0 Å². The van der Waals surface area contributed by atoms with Crippen LogP contribution in [0, 0.1) is 5.92 Å². The van der Waals surface area contributed by atoms with Crippen molar-refractivity contribution in [2.24, 2.45) is 5.92 Å². The first-order valence-electron chi connectivity index (χ1n) is 16.7. The standard InChI is InChI=1S/C38H50N2O5/c1-7-12-26-22-32(37-28-21-25(2)17-18-29(28)38(3,4)45-33(37)23-26)44-35(42)16-10-8-9-15-34(41)43-31-14-11-13-30-36(31)27(24-39-30)19-20-40(5)6/h11,13-14,21-24,28-29,39H,7-10,12,15-20H2,1-6H3. The molecule has 3 aromatic rings. The average Bonchev–Trinajstić information content (AvgIpc) is 3.39. The van der Waals surface area contributed by atoms with Crippen LogP contribution in [-0.4, -0.2) is 48.1 Å². The number of likely N-dealkylation sites (N-methyl/N-ethyl adjacent to an activating group) is 1. The number of allylic oxidation sites excluding steroid dienone is 2. The van der Waals surface area contributed by atoms with Gasteiger partial charge in [0.25, 0.3) is 0 Å². The molecule has 2 aliphatic rings. The number of carbonyl (C=O) groups excluding carboxylic acids is 2. The number of aromatic amines is 1. The Kier molecular flexibility index (Phi) is 10.4. The number of carbonyl (C=O) groups is 2. The van der Waals surface area contributed by atoms with E-state index in [4.69, 9.17) is 14.2 Å². The van der Waals surface area contributed by atoms with E-state index in [1.54, 1.807) is 0 Å². The molecule has 0 saturated carbocycles. The highest BCUT2D eigenvalue weighted by Crippen LogP contribution is 2.53. The van der Waals surface area contributed by atoms with Crippen molar-refractivity contribution in [1.82, 2.24) is 9.88 Å². The van der Waals surface area contributed by atoms with Crippen molar-refractivity contribution in [1.29, 1.82) is 0 Å². The summed E-state index contributed by atoms with van der Waals surface area (Å²) in [6.07, 6.45) is 11.9. The van der Waals surface area contributed by atoms with Crippen molar-refractivity contribution in [3.05, 3.63) is 64.9 Å². The Balaban J connectivity index is 1.16. The van der Waals surface area contributed by atoms with E-state index < -0.39 is 0 Å². The summed E-state index contributed by atoms with van der Waals surface area (Å²) in [5.41, 5.74) is 5.34. The highest BCUT2D eigenvalue weighted by Gasteiger charge is 2.45. The third-order valence-electron chi connectivity index (χ3n) is 9.34. The zero-order valence-corrected chi connectivity index (χ0v) is 28.0. The van der Waals surface area contributed by atoms with Gasteiger partial charge in [0.05, 0.1) is 0 Å². The molecule has 1 aliphatic heterocycles. The number of benzene rings is 2. The van der Waals surface area contributed by atoms with Gasteiger partial charge in [-0.3, -0.25) is 9.59 Å². The molecule has 1 aromatic heterocycles. The SMILES string of the molecule is CCCc1cc(OC(=O)CCCCCC(=O)Oc2cccc3[nH]cc(CCN(C)C)c23)c2c(c1)OC(C)(C)C1CCC(C)=CC21. The minimum atomic E-state index is -0.287. The smallest absolute Gasteiger partial charge is 0.311 e. The number of aromatic nitrogens is 1. The Morgan fingerprint density at radius 3 is 2.47 bits per heavy atom. The fourth-order valence-electron chi connectivity index (χ4n) is 6.99. The Hall–Kier alpha value is -3.58. The lowest BCUT2D eigenvalue weighted by molar-refractivity contribution is -0.135. The molecule has 1 aliphatic carbocycles. The first-order valence-corrected chi connectivity index (χ1v) is 16.7. The third kappa shape index (κ3) is 7.81. The van der Waals surface area contributed by atoms with Gasteiger partial charge < -0.3 is 24.1 Å². The second-order valence-electron chi connectivity index (χ2n) is 13.7. The number of hydrogen-bond donors (Lipinski definition) is 1. The van der Waals surface area contributed by atoms with Crippen molar-refractivity contribution in [2.75, 3.05) is 20.6 Å². The molecular formula is C38H50N2O5. The van der Waals surface area contributed by atoms with Crippen LogP contribution in [-0.2, 0) is 22.4 Å². The largest absolute Gasteiger partial charge is 0.487 e. The fourth-order valence-corrected chi connectivity index (χ4v) is 6.99. The molecule has 0 saturated heterocycles. The molecule has 2 heterocycles. The molecule has 0 fully saturated rings. The molecule has 2 unspecified atom stereocenters. The summed E-state index contributed by atoms with van der Waals surface area (Å²) in [6, 6.07) is 9.95. The third-order valence-corrected chi connectivity index (χ3v) is 9.34. The highest BCUT2D eigenvalue weighted by molar-refractivity contribution is 5.91. The Morgan fingerprint density at radius 2 is 1.76 bits per heavy atom. The Morgan fingerprint density at radius 1 is 1.02 bits per heavy atom. The van der Waals surface area contributed by atoms with Crippen LogP contribution in [0.4, 0.5) is 0 Å². The number of unbranched alkanes of at least 4 members (excludes halogenated alkanes) is 2. The second kappa shape index (κ2) is 14.2. The van der Waals surface area contributed by atoms with Crippen molar-refractivity contribution < 1.29 is 23.8 Å². The maximum atomic E-state index is 13.1. The van der Waals surface area contributed by atoms with Gasteiger partial charge in [-0.15, -0.1) is 0 Å². The van der Waals surface area contributed by atoms with Crippen LogP contribution in [0.15, 0.2) is 48.2 Å². The van der Waals surface area contributed by atoms with Gasteiger partial charge >= 0.3 is 11.9 Å². The molecular weight excluding hydrogens is 564 g/mol. The summed E-state index contributed by atoms with van der Waals surface area (Å²) >= 11 is 0. The summed E-state index contributed by atoms with van der Waals surface area (Å²) in [4.78, 5) is 31.3. The molecule has 7 nitrogen and oxygen atoms in total. The Labute approximate surface area is 268 Å². The molecule has 5 rings (SSSR count). The minimum Gasteiger partial charge on any atom is -0.487 e. The number of nitrogens with zero attached hydrogens (tertiary/aromatic N) is 1. The number of rotatable bonds is 13. The quantitative estimate of drug-likeness (QED) is 0.0903. The van der Waals surface area contributed by atoms with E-state index in [1.165, 1.54) is 5.57 Å². The monoisotopic (exact) mass is 614 g/mol.